The number of rotatable bonds is 4. The van der Waals surface area contributed by atoms with E-state index in [-0.39, 0.29) is 24.8 Å². The predicted octanol–water partition coefficient (Wildman–Crippen LogP) is 2.89. The van der Waals surface area contributed by atoms with Crippen LogP contribution >= 0.6 is 36.2 Å². The van der Waals surface area contributed by atoms with Crippen molar-refractivity contribution >= 4 is 41.3 Å². The molecule has 2 rings (SSSR count). The Morgan fingerprint density at radius 1 is 1.29 bits per heavy atom. The van der Waals surface area contributed by atoms with Crippen LogP contribution in [0.1, 0.15) is 30.8 Å². The van der Waals surface area contributed by atoms with Gasteiger partial charge in [0.05, 0.1) is 5.69 Å². The molecular formula is C11H21Cl2N3S. The molecule has 0 radical (unpaired) electrons. The normalized spacial score (nSPS) is 17.6. The summed E-state index contributed by atoms with van der Waals surface area (Å²) in [6, 6.07) is 0.664. The van der Waals surface area contributed by atoms with E-state index in [1.165, 1.54) is 17.0 Å². The second kappa shape index (κ2) is 8.14. The van der Waals surface area contributed by atoms with Crippen molar-refractivity contribution in [2.45, 2.75) is 39.2 Å². The number of aromatic nitrogens is 1. The van der Waals surface area contributed by atoms with Gasteiger partial charge in [-0.15, -0.1) is 36.2 Å². The number of hydrogen-bond donors (Lipinski definition) is 2. The molecule has 1 atom stereocenters. The van der Waals surface area contributed by atoms with E-state index in [1.807, 2.05) is 11.3 Å². The molecule has 1 aliphatic rings. The maximum Gasteiger partial charge on any atom is 0.183 e. The lowest BCUT2D eigenvalue weighted by Gasteiger charge is -2.21. The van der Waals surface area contributed by atoms with Crippen LogP contribution in [0.4, 0.5) is 5.13 Å². The molecule has 1 aromatic rings. The number of nitrogens with one attached hydrogen (secondary N) is 2. The van der Waals surface area contributed by atoms with Crippen molar-refractivity contribution in [3.05, 3.63) is 10.6 Å². The molecule has 17 heavy (non-hydrogen) atoms. The summed E-state index contributed by atoms with van der Waals surface area (Å²) in [6.45, 7) is 6.32. The monoisotopic (exact) mass is 297 g/mol. The summed E-state index contributed by atoms with van der Waals surface area (Å²) >= 11 is 1.83. The Morgan fingerprint density at radius 2 is 2.06 bits per heavy atom. The number of anilines is 1. The van der Waals surface area contributed by atoms with E-state index in [1.54, 1.807) is 0 Å². The first-order chi connectivity index (χ1) is 7.33. The highest BCUT2D eigenvalue weighted by atomic mass is 35.5. The summed E-state index contributed by atoms with van der Waals surface area (Å²) in [5.74, 6) is 0. The number of likely N-dealkylation sites (N-methyl/N-ethyl adjacent to an activating group) is 1. The van der Waals surface area contributed by atoms with E-state index >= 15 is 0 Å². The fraction of sp³-hybridized carbons (Fsp3) is 0.727. The Bertz CT molecular complexity index is 331. The van der Waals surface area contributed by atoms with Gasteiger partial charge in [0.25, 0.3) is 0 Å². The zero-order valence-corrected chi connectivity index (χ0v) is 12.7. The first kappa shape index (κ1) is 17.0. The highest BCUT2D eigenvalue weighted by Gasteiger charge is 2.21. The number of aryl methyl sites for hydroxylation is 1. The molecule has 0 spiro atoms. The van der Waals surface area contributed by atoms with Crippen LogP contribution in [-0.2, 0) is 12.8 Å². The summed E-state index contributed by atoms with van der Waals surface area (Å²) < 4.78 is 0. The number of halogens is 2. The van der Waals surface area contributed by atoms with Crippen molar-refractivity contribution in [2.75, 3.05) is 18.4 Å². The summed E-state index contributed by atoms with van der Waals surface area (Å²) in [7, 11) is 0. The second-order valence-electron chi connectivity index (χ2n) is 3.92. The molecule has 1 heterocycles. The molecule has 3 nitrogen and oxygen atoms in total. The molecule has 0 aromatic carbocycles. The molecule has 2 N–H and O–H groups in total. The molecule has 0 amide bonds. The Labute approximate surface area is 120 Å². The Kier molecular flexibility index (Phi) is 8.12. The number of nitrogens with zero attached hydrogens (tertiary/aromatic N) is 1. The summed E-state index contributed by atoms with van der Waals surface area (Å²) in [4.78, 5) is 6.09. The molecule has 0 saturated heterocycles. The zero-order chi connectivity index (χ0) is 10.7. The molecule has 1 aromatic heterocycles. The lowest BCUT2D eigenvalue weighted by atomic mass is 9.98. The molecule has 0 fully saturated rings. The van der Waals surface area contributed by atoms with E-state index in [9.17, 15) is 0 Å². The average Bonchev–Trinajstić information content (AvgIpc) is 2.60. The van der Waals surface area contributed by atoms with Crippen LogP contribution in [0.3, 0.4) is 0 Å². The highest BCUT2D eigenvalue weighted by molar-refractivity contribution is 7.15. The first-order valence-corrected chi connectivity index (χ1v) is 6.61. The van der Waals surface area contributed by atoms with Crippen molar-refractivity contribution in [2.24, 2.45) is 0 Å². The van der Waals surface area contributed by atoms with Crippen LogP contribution in [-0.4, -0.2) is 24.1 Å². The fourth-order valence-corrected chi connectivity index (χ4v) is 3.22. The standard InChI is InChI=1S/C11H19N3S.2ClH/c1-3-12-8-5-6-9-10(7-8)15-11(14-9)13-4-2;;/h8,12H,3-7H2,1-2H3,(H,13,14);2*1H. The van der Waals surface area contributed by atoms with E-state index in [4.69, 9.17) is 0 Å². The van der Waals surface area contributed by atoms with Gasteiger partial charge in [-0.2, -0.15) is 0 Å². The molecule has 1 unspecified atom stereocenters. The van der Waals surface area contributed by atoms with Crippen LogP contribution < -0.4 is 10.6 Å². The number of hydrogen-bond acceptors (Lipinski definition) is 4. The van der Waals surface area contributed by atoms with Gasteiger partial charge in [0.1, 0.15) is 0 Å². The second-order valence-corrected chi connectivity index (χ2v) is 5.00. The van der Waals surface area contributed by atoms with Gasteiger partial charge in [-0.25, -0.2) is 4.98 Å². The van der Waals surface area contributed by atoms with Crippen molar-refractivity contribution in [1.82, 2.24) is 10.3 Å². The van der Waals surface area contributed by atoms with E-state index < -0.39 is 0 Å². The molecule has 1 aliphatic carbocycles. The van der Waals surface area contributed by atoms with Crippen LogP contribution in [0, 0.1) is 0 Å². The van der Waals surface area contributed by atoms with Gasteiger partial charge in [-0.05, 0) is 32.7 Å². The molecule has 0 bridgehead atoms. The van der Waals surface area contributed by atoms with Gasteiger partial charge in [-0.3, -0.25) is 0 Å². The third-order valence-electron chi connectivity index (χ3n) is 2.76. The molecule has 100 valence electrons. The van der Waals surface area contributed by atoms with Crippen LogP contribution in [0.15, 0.2) is 0 Å². The minimum absolute atomic E-state index is 0. The van der Waals surface area contributed by atoms with Crippen molar-refractivity contribution in [1.29, 1.82) is 0 Å². The lowest BCUT2D eigenvalue weighted by molar-refractivity contribution is 0.471. The molecule has 0 saturated carbocycles. The van der Waals surface area contributed by atoms with Crippen molar-refractivity contribution in [3.8, 4) is 0 Å². The minimum Gasteiger partial charge on any atom is -0.362 e. The topological polar surface area (TPSA) is 37.0 Å². The first-order valence-electron chi connectivity index (χ1n) is 5.79. The van der Waals surface area contributed by atoms with E-state index in [0.717, 1.165) is 31.1 Å². The number of thiazole rings is 1. The third-order valence-corrected chi connectivity index (χ3v) is 3.84. The van der Waals surface area contributed by atoms with Crippen molar-refractivity contribution in [3.63, 3.8) is 0 Å². The summed E-state index contributed by atoms with van der Waals surface area (Å²) in [5.41, 5.74) is 1.32. The fourth-order valence-electron chi connectivity index (χ4n) is 2.06. The predicted molar refractivity (Wildman–Crippen MR) is 80.3 cm³/mol. The van der Waals surface area contributed by atoms with Crippen LogP contribution in [0.5, 0.6) is 0 Å². The zero-order valence-electron chi connectivity index (χ0n) is 10.3. The highest BCUT2D eigenvalue weighted by Crippen LogP contribution is 2.29. The smallest absolute Gasteiger partial charge is 0.183 e. The van der Waals surface area contributed by atoms with Gasteiger partial charge < -0.3 is 10.6 Å². The molecule has 6 heteroatoms. The van der Waals surface area contributed by atoms with Gasteiger partial charge in [0.2, 0.25) is 0 Å². The Hall–Kier alpha value is -0.0300. The Morgan fingerprint density at radius 3 is 2.71 bits per heavy atom. The molecule has 0 aliphatic heterocycles. The van der Waals surface area contributed by atoms with E-state index in [2.05, 4.69) is 29.5 Å². The minimum atomic E-state index is 0. The quantitative estimate of drug-likeness (QED) is 0.897. The third kappa shape index (κ3) is 4.28. The van der Waals surface area contributed by atoms with Crippen molar-refractivity contribution < 1.29 is 0 Å². The van der Waals surface area contributed by atoms with Gasteiger partial charge in [0, 0.05) is 17.5 Å². The molecular weight excluding hydrogens is 277 g/mol. The maximum atomic E-state index is 4.61. The van der Waals surface area contributed by atoms with Crippen LogP contribution in [0.2, 0.25) is 0 Å². The largest absolute Gasteiger partial charge is 0.362 e. The number of fused-ring (bicyclic) bond motifs is 1. The Balaban J connectivity index is 0.00000128. The summed E-state index contributed by atoms with van der Waals surface area (Å²) in [5, 5.41) is 7.92. The van der Waals surface area contributed by atoms with Gasteiger partial charge in [-0.1, -0.05) is 6.92 Å². The van der Waals surface area contributed by atoms with E-state index in [0.29, 0.717) is 6.04 Å². The SMILES string of the molecule is CCNc1nc2c(s1)CC(NCC)CC2.Cl.Cl. The average molecular weight is 298 g/mol. The van der Waals surface area contributed by atoms with Gasteiger partial charge in [0.15, 0.2) is 5.13 Å². The van der Waals surface area contributed by atoms with Gasteiger partial charge >= 0.3 is 0 Å². The van der Waals surface area contributed by atoms with Crippen LogP contribution in [0.25, 0.3) is 0 Å². The summed E-state index contributed by atoms with van der Waals surface area (Å²) in [6.07, 6.45) is 3.53. The lowest BCUT2D eigenvalue weighted by Crippen LogP contribution is -2.33. The maximum absolute atomic E-state index is 4.61.